The largest absolute Gasteiger partial charge is 0.369 e. The van der Waals surface area contributed by atoms with Crippen molar-refractivity contribution in [3.05, 3.63) is 42.0 Å². The van der Waals surface area contributed by atoms with Gasteiger partial charge in [-0.15, -0.1) is 11.3 Å². The number of likely N-dealkylation sites (tertiary alicyclic amines) is 1. The lowest BCUT2D eigenvalue weighted by molar-refractivity contribution is -0.127. The summed E-state index contributed by atoms with van der Waals surface area (Å²) in [6, 6.07) is 10.3. The van der Waals surface area contributed by atoms with E-state index >= 15 is 0 Å². The van der Waals surface area contributed by atoms with Gasteiger partial charge in [0.1, 0.15) is 17.0 Å². The molecule has 5 nitrogen and oxygen atoms in total. The fourth-order valence-electron chi connectivity index (χ4n) is 3.26. The molecule has 128 valence electrons. The first-order valence-electron chi connectivity index (χ1n) is 8.62. The minimum absolute atomic E-state index is 0.286. The Balaban J connectivity index is 1.49. The number of anilines is 1. The number of nitrogens with zero attached hydrogens (tertiary/aromatic N) is 3. The maximum atomic E-state index is 11.7. The van der Waals surface area contributed by atoms with Crippen LogP contribution in [0.2, 0.25) is 0 Å². The monoisotopic (exact) mass is 352 g/mol. The second-order valence-electron chi connectivity index (χ2n) is 6.18. The van der Waals surface area contributed by atoms with Crippen LogP contribution < -0.4 is 5.32 Å². The molecule has 1 aliphatic heterocycles. The van der Waals surface area contributed by atoms with Crippen LogP contribution in [-0.2, 0) is 4.79 Å². The van der Waals surface area contributed by atoms with E-state index in [-0.39, 0.29) is 5.91 Å². The van der Waals surface area contributed by atoms with Crippen LogP contribution in [-0.4, -0.2) is 40.4 Å². The van der Waals surface area contributed by atoms with Gasteiger partial charge in [-0.25, -0.2) is 9.97 Å². The number of fused-ring (bicyclic) bond motifs is 1. The van der Waals surface area contributed by atoms with Gasteiger partial charge in [-0.05, 0) is 18.4 Å². The van der Waals surface area contributed by atoms with Crippen LogP contribution in [0.4, 0.5) is 5.82 Å². The van der Waals surface area contributed by atoms with Crippen molar-refractivity contribution in [2.24, 2.45) is 0 Å². The van der Waals surface area contributed by atoms with Gasteiger partial charge in [0, 0.05) is 37.0 Å². The molecular weight excluding hydrogens is 332 g/mol. The lowest BCUT2D eigenvalue weighted by Gasteiger charge is -2.15. The molecule has 0 bridgehead atoms. The summed E-state index contributed by atoms with van der Waals surface area (Å²) in [5.41, 5.74) is 2.34. The first-order chi connectivity index (χ1) is 12.3. The van der Waals surface area contributed by atoms with Crippen molar-refractivity contribution < 1.29 is 4.79 Å². The van der Waals surface area contributed by atoms with Crippen LogP contribution in [0.5, 0.6) is 0 Å². The third-order valence-corrected chi connectivity index (χ3v) is 5.41. The van der Waals surface area contributed by atoms with Crippen LogP contribution >= 0.6 is 11.3 Å². The van der Waals surface area contributed by atoms with Crippen LogP contribution in [0.15, 0.2) is 42.0 Å². The second-order valence-corrected chi connectivity index (χ2v) is 7.04. The van der Waals surface area contributed by atoms with E-state index in [1.54, 1.807) is 17.7 Å². The first-order valence-corrected chi connectivity index (χ1v) is 9.50. The van der Waals surface area contributed by atoms with E-state index in [4.69, 9.17) is 0 Å². The summed E-state index contributed by atoms with van der Waals surface area (Å²) in [5.74, 6) is 1.16. The quantitative estimate of drug-likeness (QED) is 0.686. The summed E-state index contributed by atoms with van der Waals surface area (Å²) in [6.07, 6.45) is 4.23. The van der Waals surface area contributed by atoms with Gasteiger partial charge in [0.15, 0.2) is 0 Å². The molecular formula is C19H20N4OS. The lowest BCUT2D eigenvalue weighted by Crippen LogP contribution is -2.27. The molecule has 0 spiro atoms. The maximum Gasteiger partial charge on any atom is 0.222 e. The summed E-state index contributed by atoms with van der Waals surface area (Å²) >= 11 is 1.64. The van der Waals surface area contributed by atoms with Gasteiger partial charge in [-0.1, -0.05) is 30.3 Å². The van der Waals surface area contributed by atoms with Gasteiger partial charge in [0.05, 0.1) is 5.39 Å². The van der Waals surface area contributed by atoms with Crippen LogP contribution in [0, 0.1) is 0 Å². The van der Waals surface area contributed by atoms with Crippen LogP contribution in [0.25, 0.3) is 21.3 Å². The molecule has 0 aliphatic carbocycles. The highest BCUT2D eigenvalue weighted by atomic mass is 32.1. The van der Waals surface area contributed by atoms with E-state index in [9.17, 15) is 4.79 Å². The van der Waals surface area contributed by atoms with Gasteiger partial charge in [-0.3, -0.25) is 4.79 Å². The second kappa shape index (κ2) is 7.19. The topological polar surface area (TPSA) is 58.1 Å². The highest BCUT2D eigenvalue weighted by Gasteiger charge is 2.19. The number of hydrogen-bond acceptors (Lipinski definition) is 5. The number of carbonyl (C=O) groups is 1. The molecule has 1 saturated heterocycles. The zero-order valence-corrected chi connectivity index (χ0v) is 14.8. The molecule has 1 fully saturated rings. The molecule has 1 amide bonds. The molecule has 0 atom stereocenters. The van der Waals surface area contributed by atoms with Crippen molar-refractivity contribution in [3.8, 4) is 11.1 Å². The van der Waals surface area contributed by atoms with Gasteiger partial charge in [0.2, 0.25) is 5.91 Å². The molecule has 0 radical (unpaired) electrons. The highest BCUT2D eigenvalue weighted by Crippen LogP contribution is 2.36. The Kier molecular flexibility index (Phi) is 4.61. The standard InChI is InChI=1S/C19H20N4OS/c24-16-8-4-10-23(16)11-5-9-20-18-17-15(14-6-2-1-3-7-14)12-25-19(17)22-13-21-18/h1-3,6-7,12-13H,4-5,8-11H2,(H,20,21,22). The zero-order chi connectivity index (χ0) is 17.1. The third-order valence-electron chi connectivity index (χ3n) is 4.52. The highest BCUT2D eigenvalue weighted by molar-refractivity contribution is 7.17. The fourth-order valence-corrected chi connectivity index (χ4v) is 4.17. The van der Waals surface area contributed by atoms with Crippen LogP contribution in [0.3, 0.4) is 0 Å². The van der Waals surface area contributed by atoms with Crippen molar-refractivity contribution in [3.63, 3.8) is 0 Å². The molecule has 6 heteroatoms. The van der Waals surface area contributed by atoms with E-state index in [1.807, 2.05) is 23.1 Å². The Morgan fingerprint density at radius 3 is 2.88 bits per heavy atom. The molecule has 3 heterocycles. The number of carbonyl (C=O) groups excluding carboxylic acids is 1. The summed E-state index contributed by atoms with van der Waals surface area (Å²) in [5, 5.41) is 6.66. The Morgan fingerprint density at radius 1 is 1.20 bits per heavy atom. The number of aromatic nitrogens is 2. The van der Waals surface area contributed by atoms with E-state index in [0.717, 1.165) is 48.5 Å². The predicted octanol–water partition coefficient (Wildman–Crippen LogP) is 3.78. The molecule has 25 heavy (non-hydrogen) atoms. The summed E-state index contributed by atoms with van der Waals surface area (Å²) < 4.78 is 0. The van der Waals surface area contributed by atoms with E-state index in [0.29, 0.717) is 6.42 Å². The average molecular weight is 352 g/mol. The smallest absolute Gasteiger partial charge is 0.222 e. The average Bonchev–Trinajstić information content (AvgIpc) is 3.26. The Bertz CT molecular complexity index is 878. The minimum atomic E-state index is 0.286. The van der Waals surface area contributed by atoms with Crippen molar-refractivity contribution in [1.82, 2.24) is 14.9 Å². The van der Waals surface area contributed by atoms with Gasteiger partial charge >= 0.3 is 0 Å². The Hall–Kier alpha value is -2.47. The third kappa shape index (κ3) is 3.35. The Morgan fingerprint density at radius 2 is 2.08 bits per heavy atom. The summed E-state index contributed by atoms with van der Waals surface area (Å²) in [7, 11) is 0. The molecule has 0 unspecified atom stereocenters. The SMILES string of the molecule is O=C1CCCN1CCCNc1ncnc2scc(-c3ccccc3)c12. The van der Waals surface area contributed by atoms with Crippen molar-refractivity contribution in [1.29, 1.82) is 0 Å². The molecule has 2 aromatic heterocycles. The van der Waals surface area contributed by atoms with E-state index < -0.39 is 0 Å². The van der Waals surface area contributed by atoms with Crippen molar-refractivity contribution in [2.75, 3.05) is 25.0 Å². The number of thiophene rings is 1. The zero-order valence-electron chi connectivity index (χ0n) is 13.9. The molecule has 1 aromatic carbocycles. The number of amides is 1. The molecule has 1 aliphatic rings. The maximum absolute atomic E-state index is 11.7. The van der Waals surface area contributed by atoms with E-state index in [1.165, 1.54) is 11.1 Å². The molecule has 0 saturated carbocycles. The molecule has 4 rings (SSSR count). The number of rotatable bonds is 6. The van der Waals surface area contributed by atoms with Gasteiger partial charge < -0.3 is 10.2 Å². The lowest BCUT2D eigenvalue weighted by atomic mass is 10.1. The Labute approximate surface area is 150 Å². The van der Waals surface area contributed by atoms with Crippen molar-refractivity contribution >= 4 is 33.3 Å². The summed E-state index contributed by atoms with van der Waals surface area (Å²) in [6.45, 7) is 2.51. The van der Waals surface area contributed by atoms with E-state index in [2.05, 4.69) is 32.8 Å². The minimum Gasteiger partial charge on any atom is -0.369 e. The fraction of sp³-hybridized carbons (Fsp3) is 0.316. The molecule has 3 aromatic rings. The van der Waals surface area contributed by atoms with Crippen molar-refractivity contribution in [2.45, 2.75) is 19.3 Å². The number of nitrogens with one attached hydrogen (secondary N) is 1. The molecule has 1 N–H and O–H groups in total. The first kappa shape index (κ1) is 16.0. The number of benzene rings is 1. The normalized spacial score (nSPS) is 14.4. The predicted molar refractivity (Wildman–Crippen MR) is 102 cm³/mol. The van der Waals surface area contributed by atoms with Gasteiger partial charge in [-0.2, -0.15) is 0 Å². The summed E-state index contributed by atoms with van der Waals surface area (Å²) in [4.78, 5) is 23.5. The van der Waals surface area contributed by atoms with Gasteiger partial charge in [0.25, 0.3) is 0 Å². The number of hydrogen-bond donors (Lipinski definition) is 1. The van der Waals surface area contributed by atoms with Crippen LogP contribution in [0.1, 0.15) is 19.3 Å².